The van der Waals surface area contributed by atoms with E-state index in [4.69, 9.17) is 11.6 Å². The summed E-state index contributed by atoms with van der Waals surface area (Å²) >= 11 is 7.80. The molecule has 0 fully saturated rings. The second-order valence-corrected chi connectivity index (χ2v) is 6.35. The van der Waals surface area contributed by atoms with Crippen molar-refractivity contribution in [3.05, 3.63) is 38.8 Å². The van der Waals surface area contributed by atoms with Gasteiger partial charge in [-0.25, -0.2) is 0 Å². The zero-order chi connectivity index (χ0) is 14.8. The molecule has 0 aliphatic carbocycles. The molecule has 2 N–H and O–H groups in total. The first kappa shape index (κ1) is 15.5. The Morgan fingerprint density at radius 3 is 2.90 bits per heavy atom. The van der Waals surface area contributed by atoms with Gasteiger partial charge < -0.3 is 10.4 Å². The Kier molecular flexibility index (Phi) is 4.86. The molecular formula is C14H20ClN3OS. The average Bonchev–Trinajstić information content (AvgIpc) is 3.02. The number of aryl methyl sites for hydroxylation is 2. The first-order valence-electron chi connectivity index (χ1n) is 6.63. The molecule has 0 saturated carbocycles. The lowest BCUT2D eigenvalue weighted by Crippen LogP contribution is -2.34. The normalized spacial score (nSPS) is 14.4. The van der Waals surface area contributed by atoms with Crippen LogP contribution >= 0.6 is 22.9 Å². The first-order valence-corrected chi connectivity index (χ1v) is 7.88. The third-order valence-electron chi connectivity index (χ3n) is 3.31. The van der Waals surface area contributed by atoms with E-state index in [2.05, 4.69) is 17.3 Å². The molecule has 2 heterocycles. The minimum atomic E-state index is -0.866. The van der Waals surface area contributed by atoms with Crippen molar-refractivity contribution in [2.24, 2.45) is 7.05 Å². The molecule has 2 aromatic rings. The zero-order valence-electron chi connectivity index (χ0n) is 12.0. The van der Waals surface area contributed by atoms with E-state index in [1.165, 1.54) is 0 Å². The van der Waals surface area contributed by atoms with Gasteiger partial charge in [0.2, 0.25) is 0 Å². The number of aromatic nitrogens is 2. The monoisotopic (exact) mass is 313 g/mol. The maximum atomic E-state index is 10.4. The first-order chi connectivity index (χ1) is 9.45. The van der Waals surface area contributed by atoms with Crippen molar-refractivity contribution >= 4 is 22.9 Å². The van der Waals surface area contributed by atoms with Crippen LogP contribution in [0.3, 0.4) is 0 Å². The van der Waals surface area contributed by atoms with Gasteiger partial charge in [-0.3, -0.25) is 4.68 Å². The van der Waals surface area contributed by atoms with Crippen molar-refractivity contribution in [3.8, 4) is 0 Å². The minimum absolute atomic E-state index is 0.474. The topological polar surface area (TPSA) is 50.1 Å². The SMILES string of the molecule is CCc1nn(C)c(Cl)c1CNCC(C)(O)c1cccs1. The Bertz CT molecular complexity index is 563. The van der Waals surface area contributed by atoms with Crippen molar-refractivity contribution in [3.63, 3.8) is 0 Å². The van der Waals surface area contributed by atoms with Gasteiger partial charge in [0, 0.05) is 30.6 Å². The standard InChI is InChI=1S/C14H20ClN3OS/c1-4-11-10(13(15)18(3)17-11)8-16-9-14(2,19)12-6-5-7-20-12/h5-7,16,19H,4,8-9H2,1-3H3. The molecule has 0 aliphatic heterocycles. The van der Waals surface area contributed by atoms with Gasteiger partial charge in [0.15, 0.2) is 0 Å². The molecular weight excluding hydrogens is 294 g/mol. The Morgan fingerprint density at radius 1 is 1.55 bits per heavy atom. The predicted molar refractivity (Wildman–Crippen MR) is 83.2 cm³/mol. The number of thiophene rings is 1. The fourth-order valence-electron chi connectivity index (χ4n) is 2.16. The Morgan fingerprint density at radius 2 is 2.30 bits per heavy atom. The molecule has 0 aliphatic rings. The van der Waals surface area contributed by atoms with Crippen LogP contribution in [0.25, 0.3) is 0 Å². The molecule has 1 atom stereocenters. The Hall–Kier alpha value is -0.880. The fourth-order valence-corrected chi connectivity index (χ4v) is 3.16. The van der Waals surface area contributed by atoms with Crippen LogP contribution in [0.4, 0.5) is 0 Å². The van der Waals surface area contributed by atoms with Gasteiger partial charge in [-0.2, -0.15) is 5.10 Å². The molecule has 0 spiro atoms. The summed E-state index contributed by atoms with van der Waals surface area (Å²) < 4.78 is 1.69. The molecule has 1 unspecified atom stereocenters. The van der Waals surface area contributed by atoms with Crippen LogP contribution in [0.5, 0.6) is 0 Å². The van der Waals surface area contributed by atoms with Crippen molar-refractivity contribution in [1.82, 2.24) is 15.1 Å². The van der Waals surface area contributed by atoms with Crippen LogP contribution in [0.15, 0.2) is 17.5 Å². The quantitative estimate of drug-likeness (QED) is 0.862. The minimum Gasteiger partial charge on any atom is -0.383 e. The van der Waals surface area contributed by atoms with Crippen molar-refractivity contribution in [2.45, 2.75) is 32.4 Å². The maximum Gasteiger partial charge on any atom is 0.131 e. The van der Waals surface area contributed by atoms with Gasteiger partial charge in [0.05, 0.1) is 5.69 Å². The molecule has 4 nitrogen and oxygen atoms in total. The molecule has 0 bridgehead atoms. The van der Waals surface area contributed by atoms with Crippen LogP contribution in [-0.2, 0) is 25.6 Å². The van der Waals surface area contributed by atoms with E-state index in [-0.39, 0.29) is 0 Å². The van der Waals surface area contributed by atoms with Crippen molar-refractivity contribution in [2.75, 3.05) is 6.54 Å². The van der Waals surface area contributed by atoms with Crippen molar-refractivity contribution < 1.29 is 5.11 Å². The molecule has 6 heteroatoms. The zero-order valence-corrected chi connectivity index (χ0v) is 13.6. The fraction of sp³-hybridized carbons (Fsp3) is 0.500. The van der Waals surface area contributed by atoms with E-state index in [0.29, 0.717) is 18.2 Å². The molecule has 2 aromatic heterocycles. The van der Waals surface area contributed by atoms with Crippen LogP contribution < -0.4 is 5.32 Å². The van der Waals surface area contributed by atoms with E-state index in [1.54, 1.807) is 16.0 Å². The van der Waals surface area contributed by atoms with Gasteiger partial charge in [0.25, 0.3) is 0 Å². The van der Waals surface area contributed by atoms with E-state index >= 15 is 0 Å². The molecule has 2 rings (SSSR count). The highest BCUT2D eigenvalue weighted by Crippen LogP contribution is 2.25. The number of hydrogen-bond donors (Lipinski definition) is 2. The lowest BCUT2D eigenvalue weighted by molar-refractivity contribution is 0.0604. The lowest BCUT2D eigenvalue weighted by atomic mass is 10.1. The Labute approximate surface area is 128 Å². The number of rotatable bonds is 6. The predicted octanol–water partition coefficient (Wildman–Crippen LogP) is 2.69. The number of nitrogens with one attached hydrogen (secondary N) is 1. The summed E-state index contributed by atoms with van der Waals surface area (Å²) in [5.41, 5.74) is 1.15. The average molecular weight is 314 g/mol. The van der Waals surface area contributed by atoms with E-state index in [1.807, 2.05) is 31.5 Å². The van der Waals surface area contributed by atoms with Crippen LogP contribution in [0.1, 0.15) is 30.0 Å². The number of hydrogen-bond acceptors (Lipinski definition) is 4. The summed E-state index contributed by atoms with van der Waals surface area (Å²) in [6.45, 7) is 4.96. The van der Waals surface area contributed by atoms with Crippen LogP contribution in [-0.4, -0.2) is 21.4 Å². The summed E-state index contributed by atoms with van der Waals surface area (Å²) in [4.78, 5) is 0.956. The molecule has 0 radical (unpaired) electrons. The van der Waals surface area contributed by atoms with Crippen molar-refractivity contribution in [1.29, 1.82) is 0 Å². The number of nitrogens with zero attached hydrogens (tertiary/aromatic N) is 2. The number of aliphatic hydroxyl groups is 1. The lowest BCUT2D eigenvalue weighted by Gasteiger charge is -2.22. The molecule has 20 heavy (non-hydrogen) atoms. The van der Waals surface area contributed by atoms with Gasteiger partial charge in [0.1, 0.15) is 10.8 Å². The summed E-state index contributed by atoms with van der Waals surface area (Å²) in [6, 6.07) is 3.89. The third-order valence-corrected chi connectivity index (χ3v) is 4.91. The summed E-state index contributed by atoms with van der Waals surface area (Å²) in [5, 5.41) is 20.7. The highest BCUT2D eigenvalue weighted by atomic mass is 35.5. The Balaban J connectivity index is 2.00. The van der Waals surface area contributed by atoms with Gasteiger partial charge in [-0.1, -0.05) is 24.6 Å². The largest absolute Gasteiger partial charge is 0.383 e. The van der Waals surface area contributed by atoms with Crippen LogP contribution in [0, 0.1) is 0 Å². The van der Waals surface area contributed by atoms with E-state index < -0.39 is 5.60 Å². The molecule has 0 amide bonds. The number of halogens is 1. The van der Waals surface area contributed by atoms with Gasteiger partial charge in [-0.05, 0) is 24.8 Å². The second-order valence-electron chi connectivity index (χ2n) is 5.05. The molecule has 110 valence electrons. The van der Waals surface area contributed by atoms with E-state index in [9.17, 15) is 5.11 Å². The summed E-state index contributed by atoms with van der Waals surface area (Å²) in [6.07, 6.45) is 0.846. The second kappa shape index (κ2) is 6.26. The van der Waals surface area contributed by atoms with Crippen LogP contribution in [0.2, 0.25) is 5.15 Å². The highest BCUT2D eigenvalue weighted by Gasteiger charge is 2.24. The third kappa shape index (κ3) is 3.23. The summed E-state index contributed by atoms with van der Waals surface area (Å²) in [5.74, 6) is 0. The highest BCUT2D eigenvalue weighted by molar-refractivity contribution is 7.10. The molecule has 0 aromatic carbocycles. The van der Waals surface area contributed by atoms with Gasteiger partial charge in [-0.15, -0.1) is 11.3 Å². The smallest absolute Gasteiger partial charge is 0.131 e. The maximum absolute atomic E-state index is 10.4. The van der Waals surface area contributed by atoms with Gasteiger partial charge >= 0.3 is 0 Å². The molecule has 0 saturated heterocycles. The van der Waals surface area contributed by atoms with E-state index in [0.717, 1.165) is 22.6 Å². The summed E-state index contributed by atoms with van der Waals surface area (Å²) in [7, 11) is 1.84.